The highest BCUT2D eigenvalue weighted by Gasteiger charge is 1.95. The minimum atomic E-state index is 0.327. The van der Waals surface area contributed by atoms with Gasteiger partial charge in [-0.15, -0.1) is 11.6 Å². The molecule has 0 aliphatic rings. The van der Waals surface area contributed by atoms with Gasteiger partial charge in [0.2, 0.25) is 0 Å². The van der Waals surface area contributed by atoms with Crippen LogP contribution in [0.1, 0.15) is 45.4 Å². The molecule has 0 aliphatic heterocycles. The Balaban J connectivity index is 2.80. The first-order valence-corrected chi connectivity index (χ1v) is 4.96. The SMILES string of the molecule is CC(Cl)CCCCCCCO. The first-order valence-electron chi connectivity index (χ1n) is 4.52. The summed E-state index contributed by atoms with van der Waals surface area (Å²) in [4.78, 5) is 0. The highest BCUT2D eigenvalue weighted by atomic mass is 35.5. The van der Waals surface area contributed by atoms with Gasteiger partial charge in [-0.2, -0.15) is 0 Å². The smallest absolute Gasteiger partial charge is 0.0431 e. The molecule has 0 aromatic heterocycles. The second-order valence-electron chi connectivity index (χ2n) is 3.06. The summed E-state index contributed by atoms with van der Waals surface area (Å²) in [6.07, 6.45) is 6.97. The molecule has 0 saturated carbocycles. The van der Waals surface area contributed by atoms with E-state index in [-0.39, 0.29) is 0 Å². The molecule has 1 N–H and O–H groups in total. The predicted octanol–water partition coefficient (Wildman–Crippen LogP) is 2.95. The molecule has 0 aromatic carbocycles. The third kappa shape index (κ3) is 10.2. The van der Waals surface area contributed by atoms with Crippen molar-refractivity contribution >= 4 is 11.6 Å². The highest BCUT2D eigenvalue weighted by Crippen LogP contribution is 2.09. The molecule has 68 valence electrons. The minimum absolute atomic E-state index is 0.327. The van der Waals surface area contributed by atoms with Gasteiger partial charge in [-0.25, -0.2) is 0 Å². The molecule has 11 heavy (non-hydrogen) atoms. The molecule has 1 atom stereocenters. The Morgan fingerprint density at radius 3 is 2.18 bits per heavy atom. The van der Waals surface area contributed by atoms with Crippen molar-refractivity contribution in [2.75, 3.05) is 6.61 Å². The van der Waals surface area contributed by atoms with E-state index in [1.807, 2.05) is 6.92 Å². The van der Waals surface area contributed by atoms with Crippen LogP contribution in [0.2, 0.25) is 0 Å². The quantitative estimate of drug-likeness (QED) is 0.470. The summed E-state index contributed by atoms with van der Waals surface area (Å²) in [5, 5.41) is 8.82. The fraction of sp³-hybridized carbons (Fsp3) is 1.00. The van der Waals surface area contributed by atoms with Gasteiger partial charge in [0.05, 0.1) is 0 Å². The number of hydrogen-bond acceptors (Lipinski definition) is 1. The second kappa shape index (κ2) is 8.35. The zero-order valence-corrected chi connectivity index (χ0v) is 8.11. The van der Waals surface area contributed by atoms with Crippen molar-refractivity contribution in [2.45, 2.75) is 50.8 Å². The van der Waals surface area contributed by atoms with E-state index in [4.69, 9.17) is 16.7 Å². The van der Waals surface area contributed by atoms with Crippen LogP contribution in [0.3, 0.4) is 0 Å². The van der Waals surface area contributed by atoms with Crippen LogP contribution in [0, 0.1) is 0 Å². The number of aliphatic hydroxyl groups is 1. The van der Waals surface area contributed by atoms with E-state index in [0.29, 0.717) is 12.0 Å². The van der Waals surface area contributed by atoms with Crippen LogP contribution in [0.4, 0.5) is 0 Å². The Morgan fingerprint density at radius 1 is 1.09 bits per heavy atom. The van der Waals surface area contributed by atoms with Crippen molar-refractivity contribution < 1.29 is 5.11 Å². The zero-order valence-electron chi connectivity index (χ0n) is 7.35. The number of halogens is 1. The van der Waals surface area contributed by atoms with E-state index in [1.54, 1.807) is 0 Å². The third-order valence-corrected chi connectivity index (χ3v) is 1.98. The molecule has 0 heterocycles. The lowest BCUT2D eigenvalue weighted by molar-refractivity contribution is 0.282. The monoisotopic (exact) mass is 178 g/mol. The number of hydrogen-bond donors (Lipinski definition) is 1. The van der Waals surface area contributed by atoms with Crippen LogP contribution in [-0.2, 0) is 0 Å². The van der Waals surface area contributed by atoms with Crippen LogP contribution in [0.25, 0.3) is 0 Å². The lowest BCUT2D eigenvalue weighted by atomic mass is 10.1. The number of unbranched alkanes of at least 4 members (excludes halogenated alkanes) is 4. The molecule has 0 aromatic rings. The van der Waals surface area contributed by atoms with E-state index in [9.17, 15) is 0 Å². The fourth-order valence-corrected chi connectivity index (χ4v) is 1.22. The van der Waals surface area contributed by atoms with Gasteiger partial charge >= 0.3 is 0 Å². The molecule has 0 rings (SSSR count). The van der Waals surface area contributed by atoms with Gasteiger partial charge in [0.25, 0.3) is 0 Å². The Labute approximate surface area is 74.8 Å². The molecule has 0 spiro atoms. The van der Waals surface area contributed by atoms with Crippen molar-refractivity contribution in [2.24, 2.45) is 0 Å². The molecule has 1 nitrogen and oxygen atoms in total. The molecular formula is C9H19ClO. The second-order valence-corrected chi connectivity index (χ2v) is 3.81. The molecule has 0 amide bonds. The van der Waals surface area contributed by atoms with Crippen LogP contribution in [0.15, 0.2) is 0 Å². The maximum Gasteiger partial charge on any atom is 0.0431 e. The number of aliphatic hydroxyl groups excluding tert-OH is 1. The van der Waals surface area contributed by atoms with E-state index in [1.165, 1.54) is 19.3 Å². The molecular weight excluding hydrogens is 160 g/mol. The van der Waals surface area contributed by atoms with Gasteiger partial charge in [0.15, 0.2) is 0 Å². The summed E-state index contributed by atoms with van der Waals surface area (Å²) < 4.78 is 0. The van der Waals surface area contributed by atoms with Crippen molar-refractivity contribution in [3.05, 3.63) is 0 Å². The maximum absolute atomic E-state index is 8.49. The first-order chi connectivity index (χ1) is 5.27. The summed E-state index contributed by atoms with van der Waals surface area (Å²) in [6.45, 7) is 2.38. The molecule has 0 saturated heterocycles. The van der Waals surface area contributed by atoms with Crippen molar-refractivity contribution in [1.29, 1.82) is 0 Å². The van der Waals surface area contributed by atoms with Crippen LogP contribution in [0.5, 0.6) is 0 Å². The van der Waals surface area contributed by atoms with Gasteiger partial charge < -0.3 is 5.11 Å². The molecule has 0 radical (unpaired) electrons. The Hall–Kier alpha value is 0.250. The maximum atomic E-state index is 8.49. The van der Waals surface area contributed by atoms with E-state index >= 15 is 0 Å². The number of rotatable bonds is 7. The van der Waals surface area contributed by atoms with Gasteiger partial charge in [-0.05, 0) is 19.8 Å². The van der Waals surface area contributed by atoms with Crippen molar-refractivity contribution in [1.82, 2.24) is 0 Å². The largest absolute Gasteiger partial charge is 0.396 e. The molecule has 2 heteroatoms. The standard InChI is InChI=1S/C9H19ClO/c1-9(10)7-5-3-2-4-6-8-11/h9,11H,2-8H2,1H3. The Kier molecular flexibility index (Phi) is 8.54. The summed E-state index contributed by atoms with van der Waals surface area (Å²) >= 11 is 5.78. The average Bonchev–Trinajstić information content (AvgIpc) is 1.96. The molecule has 1 unspecified atom stereocenters. The first kappa shape index (κ1) is 11.2. The van der Waals surface area contributed by atoms with E-state index in [0.717, 1.165) is 19.3 Å². The lowest BCUT2D eigenvalue weighted by Crippen LogP contribution is -1.90. The molecule has 0 aliphatic carbocycles. The fourth-order valence-electron chi connectivity index (χ4n) is 1.07. The minimum Gasteiger partial charge on any atom is -0.396 e. The van der Waals surface area contributed by atoms with Gasteiger partial charge in [0, 0.05) is 12.0 Å². The summed E-state index contributed by atoms with van der Waals surface area (Å²) in [5.41, 5.74) is 0. The topological polar surface area (TPSA) is 20.2 Å². The summed E-state index contributed by atoms with van der Waals surface area (Å²) in [5.74, 6) is 0. The zero-order chi connectivity index (χ0) is 8.53. The average molecular weight is 179 g/mol. The van der Waals surface area contributed by atoms with Crippen molar-refractivity contribution in [3.8, 4) is 0 Å². The van der Waals surface area contributed by atoms with E-state index < -0.39 is 0 Å². The molecule has 0 fully saturated rings. The van der Waals surface area contributed by atoms with E-state index in [2.05, 4.69) is 0 Å². The van der Waals surface area contributed by atoms with Gasteiger partial charge in [-0.1, -0.05) is 25.7 Å². The normalized spacial score (nSPS) is 13.4. The summed E-state index contributed by atoms with van der Waals surface area (Å²) in [7, 11) is 0. The van der Waals surface area contributed by atoms with Crippen molar-refractivity contribution in [3.63, 3.8) is 0 Å². The Morgan fingerprint density at radius 2 is 1.64 bits per heavy atom. The van der Waals surface area contributed by atoms with Gasteiger partial charge in [0.1, 0.15) is 0 Å². The lowest BCUT2D eigenvalue weighted by Gasteiger charge is -2.01. The van der Waals surface area contributed by atoms with Crippen LogP contribution >= 0.6 is 11.6 Å². The predicted molar refractivity (Wildman–Crippen MR) is 50.1 cm³/mol. The Bertz CT molecular complexity index is 74.0. The summed E-state index contributed by atoms with van der Waals surface area (Å²) in [6, 6.07) is 0. The van der Waals surface area contributed by atoms with Crippen LogP contribution < -0.4 is 0 Å². The van der Waals surface area contributed by atoms with Crippen LogP contribution in [-0.4, -0.2) is 17.1 Å². The molecule has 0 bridgehead atoms. The number of alkyl halides is 1. The third-order valence-electron chi connectivity index (χ3n) is 1.76. The van der Waals surface area contributed by atoms with Gasteiger partial charge in [-0.3, -0.25) is 0 Å². The highest BCUT2D eigenvalue weighted by molar-refractivity contribution is 6.20.